The maximum Gasteiger partial charge on any atom is 0.142 e. The summed E-state index contributed by atoms with van der Waals surface area (Å²) in [7, 11) is 1.88. The van der Waals surface area contributed by atoms with Crippen molar-refractivity contribution in [1.82, 2.24) is 9.78 Å². The largest absolute Gasteiger partial charge is 0.324 e. The normalized spacial score (nSPS) is 12.7. The van der Waals surface area contributed by atoms with Crippen molar-refractivity contribution in [1.29, 1.82) is 0 Å². The lowest BCUT2D eigenvalue weighted by molar-refractivity contribution is 0.610. The summed E-state index contributed by atoms with van der Waals surface area (Å²) in [6.07, 6.45) is 1.45. The standard InChI is InChI=1S/C14H17ClFN3/c1-3-9-7-10(19(2)18-9)8-13(17)11-5-4-6-12(16)14(11)15/h4-7,13H,3,8,17H2,1-2H3. The van der Waals surface area contributed by atoms with Crippen molar-refractivity contribution >= 4 is 11.6 Å². The van der Waals surface area contributed by atoms with Crippen LogP contribution in [0, 0.1) is 5.82 Å². The molecule has 0 saturated heterocycles. The Morgan fingerprint density at radius 3 is 2.84 bits per heavy atom. The summed E-state index contributed by atoms with van der Waals surface area (Å²) in [6, 6.07) is 6.39. The first-order valence-corrected chi connectivity index (χ1v) is 6.62. The molecular formula is C14H17ClFN3. The van der Waals surface area contributed by atoms with Crippen LogP contribution >= 0.6 is 11.6 Å². The van der Waals surface area contributed by atoms with Gasteiger partial charge in [-0.1, -0.05) is 30.7 Å². The summed E-state index contributed by atoms with van der Waals surface area (Å²) < 4.78 is 15.2. The predicted octanol–water partition coefficient (Wildman–Crippen LogP) is 3.02. The second-order valence-corrected chi connectivity index (χ2v) is 4.94. The molecule has 1 aromatic carbocycles. The van der Waals surface area contributed by atoms with E-state index in [0.29, 0.717) is 12.0 Å². The smallest absolute Gasteiger partial charge is 0.142 e. The highest BCUT2D eigenvalue weighted by molar-refractivity contribution is 6.31. The second kappa shape index (κ2) is 5.72. The quantitative estimate of drug-likeness (QED) is 0.936. The highest BCUT2D eigenvalue weighted by Gasteiger charge is 2.15. The Morgan fingerprint density at radius 1 is 1.47 bits per heavy atom. The summed E-state index contributed by atoms with van der Waals surface area (Å²) in [5.74, 6) is -0.436. The zero-order chi connectivity index (χ0) is 14.0. The Balaban J connectivity index is 2.22. The lowest BCUT2D eigenvalue weighted by atomic mass is 10.0. The van der Waals surface area contributed by atoms with Crippen LogP contribution in [-0.4, -0.2) is 9.78 Å². The number of aryl methyl sites for hydroxylation is 2. The predicted molar refractivity (Wildman–Crippen MR) is 74.6 cm³/mol. The fourth-order valence-electron chi connectivity index (χ4n) is 2.08. The number of halogens is 2. The van der Waals surface area contributed by atoms with Crippen LogP contribution in [0.4, 0.5) is 4.39 Å². The number of hydrogen-bond donors (Lipinski definition) is 1. The van der Waals surface area contributed by atoms with Gasteiger partial charge < -0.3 is 5.73 Å². The molecule has 0 bridgehead atoms. The van der Waals surface area contributed by atoms with Crippen molar-refractivity contribution < 1.29 is 4.39 Å². The third-order valence-corrected chi connectivity index (χ3v) is 3.60. The third-order valence-electron chi connectivity index (χ3n) is 3.20. The molecule has 2 aromatic rings. The van der Waals surface area contributed by atoms with Gasteiger partial charge in [-0.2, -0.15) is 5.10 Å². The minimum atomic E-state index is -0.436. The van der Waals surface area contributed by atoms with Crippen molar-refractivity contribution in [2.45, 2.75) is 25.8 Å². The van der Waals surface area contributed by atoms with Gasteiger partial charge in [0, 0.05) is 25.2 Å². The first-order chi connectivity index (χ1) is 9.02. The SMILES string of the molecule is CCc1cc(CC(N)c2cccc(F)c2Cl)n(C)n1. The highest BCUT2D eigenvalue weighted by atomic mass is 35.5. The number of nitrogens with zero attached hydrogens (tertiary/aromatic N) is 2. The van der Waals surface area contributed by atoms with E-state index in [2.05, 4.69) is 12.0 Å². The molecule has 1 unspecified atom stereocenters. The lowest BCUT2D eigenvalue weighted by Gasteiger charge is -2.14. The molecule has 1 aromatic heterocycles. The van der Waals surface area contributed by atoms with Crippen LogP contribution in [0.3, 0.4) is 0 Å². The van der Waals surface area contributed by atoms with E-state index >= 15 is 0 Å². The molecule has 19 heavy (non-hydrogen) atoms. The van der Waals surface area contributed by atoms with Crippen LogP contribution in [0.1, 0.15) is 29.9 Å². The van der Waals surface area contributed by atoms with E-state index in [1.807, 2.05) is 17.8 Å². The summed E-state index contributed by atoms with van der Waals surface area (Å²) in [6.45, 7) is 2.05. The number of nitrogens with two attached hydrogens (primary N) is 1. The molecule has 2 rings (SSSR count). The average molecular weight is 282 g/mol. The number of benzene rings is 1. The molecule has 102 valence electrons. The first-order valence-electron chi connectivity index (χ1n) is 6.24. The average Bonchev–Trinajstić information content (AvgIpc) is 2.73. The molecule has 1 atom stereocenters. The van der Waals surface area contributed by atoms with Gasteiger partial charge >= 0.3 is 0 Å². The van der Waals surface area contributed by atoms with Gasteiger partial charge in [0.05, 0.1) is 10.7 Å². The molecule has 0 radical (unpaired) electrons. The minimum absolute atomic E-state index is 0.105. The highest BCUT2D eigenvalue weighted by Crippen LogP contribution is 2.26. The van der Waals surface area contributed by atoms with Gasteiger partial charge in [0.1, 0.15) is 5.82 Å². The van der Waals surface area contributed by atoms with Gasteiger partial charge in [0.15, 0.2) is 0 Å². The van der Waals surface area contributed by atoms with E-state index in [1.165, 1.54) is 6.07 Å². The Morgan fingerprint density at radius 2 is 2.21 bits per heavy atom. The van der Waals surface area contributed by atoms with Gasteiger partial charge in [-0.15, -0.1) is 0 Å². The number of aromatic nitrogens is 2. The van der Waals surface area contributed by atoms with Crippen LogP contribution < -0.4 is 5.73 Å². The van der Waals surface area contributed by atoms with Gasteiger partial charge in [0.2, 0.25) is 0 Å². The molecule has 0 aliphatic carbocycles. The van der Waals surface area contributed by atoms with E-state index in [1.54, 1.807) is 12.1 Å². The Labute approximate surface area is 117 Å². The molecule has 0 aliphatic rings. The zero-order valence-electron chi connectivity index (χ0n) is 11.0. The number of hydrogen-bond acceptors (Lipinski definition) is 2. The Hall–Kier alpha value is -1.39. The summed E-state index contributed by atoms with van der Waals surface area (Å²) in [5.41, 5.74) is 8.79. The van der Waals surface area contributed by atoms with E-state index in [4.69, 9.17) is 17.3 Å². The molecule has 0 spiro atoms. The van der Waals surface area contributed by atoms with Crippen molar-refractivity contribution in [3.05, 3.63) is 52.1 Å². The molecular weight excluding hydrogens is 265 g/mol. The molecule has 1 heterocycles. The van der Waals surface area contributed by atoms with E-state index in [9.17, 15) is 4.39 Å². The maximum atomic E-state index is 13.4. The van der Waals surface area contributed by atoms with Gasteiger partial charge in [0.25, 0.3) is 0 Å². The topological polar surface area (TPSA) is 43.8 Å². The maximum absolute atomic E-state index is 13.4. The summed E-state index contributed by atoms with van der Waals surface area (Å²) >= 11 is 5.95. The minimum Gasteiger partial charge on any atom is -0.324 e. The second-order valence-electron chi connectivity index (χ2n) is 4.56. The fraction of sp³-hybridized carbons (Fsp3) is 0.357. The van der Waals surface area contributed by atoms with Crippen LogP contribution in [-0.2, 0) is 19.9 Å². The third kappa shape index (κ3) is 2.96. The lowest BCUT2D eigenvalue weighted by Crippen LogP contribution is -2.16. The van der Waals surface area contributed by atoms with Crippen molar-refractivity contribution in [2.75, 3.05) is 0 Å². The summed E-state index contributed by atoms with van der Waals surface area (Å²) in [5, 5.41) is 4.47. The van der Waals surface area contributed by atoms with Gasteiger partial charge in [-0.3, -0.25) is 4.68 Å². The van der Waals surface area contributed by atoms with Crippen molar-refractivity contribution in [3.63, 3.8) is 0 Å². The molecule has 0 aliphatic heterocycles. The molecule has 2 N–H and O–H groups in total. The molecule has 0 fully saturated rings. The van der Waals surface area contributed by atoms with Crippen LogP contribution in [0.25, 0.3) is 0 Å². The summed E-state index contributed by atoms with van der Waals surface area (Å²) in [4.78, 5) is 0. The monoisotopic (exact) mass is 281 g/mol. The molecule has 3 nitrogen and oxygen atoms in total. The molecule has 0 saturated carbocycles. The van der Waals surface area contributed by atoms with Gasteiger partial charge in [-0.25, -0.2) is 4.39 Å². The Kier molecular flexibility index (Phi) is 4.22. The van der Waals surface area contributed by atoms with E-state index in [0.717, 1.165) is 17.8 Å². The van der Waals surface area contributed by atoms with Crippen molar-refractivity contribution in [3.8, 4) is 0 Å². The van der Waals surface area contributed by atoms with Crippen LogP contribution in [0.5, 0.6) is 0 Å². The Bertz CT molecular complexity index is 580. The van der Waals surface area contributed by atoms with Crippen LogP contribution in [0.2, 0.25) is 5.02 Å². The first kappa shape index (κ1) is 14.0. The van der Waals surface area contributed by atoms with Gasteiger partial charge in [-0.05, 0) is 24.1 Å². The van der Waals surface area contributed by atoms with E-state index in [-0.39, 0.29) is 11.1 Å². The molecule has 5 heteroatoms. The zero-order valence-corrected chi connectivity index (χ0v) is 11.8. The van der Waals surface area contributed by atoms with E-state index < -0.39 is 5.82 Å². The number of rotatable bonds is 4. The van der Waals surface area contributed by atoms with Crippen LogP contribution in [0.15, 0.2) is 24.3 Å². The molecule has 0 amide bonds. The van der Waals surface area contributed by atoms with Crippen molar-refractivity contribution in [2.24, 2.45) is 12.8 Å². The fourth-order valence-corrected chi connectivity index (χ4v) is 2.34.